The molecule has 0 fully saturated rings. The van der Waals surface area contributed by atoms with Gasteiger partial charge in [0.1, 0.15) is 11.6 Å². The topological polar surface area (TPSA) is 56.1 Å². The van der Waals surface area contributed by atoms with Crippen molar-refractivity contribution in [1.82, 2.24) is 5.32 Å². The Morgan fingerprint density at radius 1 is 0.968 bits per heavy atom. The van der Waals surface area contributed by atoms with Gasteiger partial charge in [-0.3, -0.25) is 4.79 Å². The molecule has 1 amide bonds. The number of nitrogens with zero attached hydrogens (tertiary/aromatic N) is 2. The van der Waals surface area contributed by atoms with E-state index < -0.39 is 0 Å². The number of unbranched alkanes of at least 4 members (excludes halogenated alkanes) is 5. The Morgan fingerprint density at radius 3 is 2.29 bits per heavy atom. The summed E-state index contributed by atoms with van der Waals surface area (Å²) in [5.74, 6) is -0.292. The van der Waals surface area contributed by atoms with E-state index in [0.29, 0.717) is 6.54 Å². The zero-order chi connectivity index (χ0) is 22.3. The zero-order valence-corrected chi connectivity index (χ0v) is 18.9. The third-order valence-electron chi connectivity index (χ3n) is 5.35. The van der Waals surface area contributed by atoms with Crippen molar-refractivity contribution in [1.29, 1.82) is 5.26 Å². The largest absolute Gasteiger partial charge is 0.367 e. The van der Waals surface area contributed by atoms with Crippen molar-refractivity contribution >= 4 is 17.7 Å². The Hall–Kier alpha value is -3.06. The minimum absolute atomic E-state index is 0.148. The van der Waals surface area contributed by atoms with Gasteiger partial charge in [0.15, 0.2) is 0 Å². The SMILES string of the molecule is CCCCCCCCNC(=O)/C(C#N)=C/c1ccc(N(CC)Cc2ccccc2)cc1. The van der Waals surface area contributed by atoms with Crippen LogP contribution in [0.4, 0.5) is 5.69 Å². The summed E-state index contributed by atoms with van der Waals surface area (Å²) in [4.78, 5) is 14.6. The minimum atomic E-state index is -0.292. The van der Waals surface area contributed by atoms with E-state index in [4.69, 9.17) is 0 Å². The first-order valence-electron chi connectivity index (χ1n) is 11.5. The Labute approximate surface area is 187 Å². The molecule has 0 aromatic heterocycles. The van der Waals surface area contributed by atoms with Gasteiger partial charge in [0.05, 0.1) is 0 Å². The molecule has 0 atom stereocenters. The number of nitriles is 1. The molecule has 0 radical (unpaired) electrons. The van der Waals surface area contributed by atoms with Crippen LogP contribution in [0.15, 0.2) is 60.2 Å². The maximum Gasteiger partial charge on any atom is 0.261 e. The van der Waals surface area contributed by atoms with Gasteiger partial charge in [-0.05, 0) is 42.7 Å². The van der Waals surface area contributed by atoms with Gasteiger partial charge in [-0.25, -0.2) is 0 Å². The molecule has 0 spiro atoms. The van der Waals surface area contributed by atoms with Crippen LogP contribution >= 0.6 is 0 Å². The van der Waals surface area contributed by atoms with E-state index in [9.17, 15) is 10.1 Å². The lowest BCUT2D eigenvalue weighted by molar-refractivity contribution is -0.117. The first kappa shape index (κ1) is 24.2. The van der Waals surface area contributed by atoms with Gasteiger partial charge in [0.2, 0.25) is 0 Å². The summed E-state index contributed by atoms with van der Waals surface area (Å²) < 4.78 is 0. The van der Waals surface area contributed by atoms with Crippen molar-refractivity contribution in [3.05, 3.63) is 71.3 Å². The Bertz CT molecular complexity index is 850. The third-order valence-corrected chi connectivity index (χ3v) is 5.35. The number of carbonyl (C=O) groups excluding carboxylic acids is 1. The molecule has 4 heteroatoms. The van der Waals surface area contributed by atoms with E-state index in [-0.39, 0.29) is 11.5 Å². The third kappa shape index (κ3) is 8.68. The van der Waals surface area contributed by atoms with Crippen LogP contribution in [0.3, 0.4) is 0 Å². The van der Waals surface area contributed by atoms with Crippen molar-refractivity contribution in [2.45, 2.75) is 58.9 Å². The molecule has 0 bridgehead atoms. The highest BCUT2D eigenvalue weighted by molar-refractivity contribution is 6.01. The van der Waals surface area contributed by atoms with Crippen LogP contribution < -0.4 is 10.2 Å². The maximum absolute atomic E-state index is 12.3. The lowest BCUT2D eigenvalue weighted by Crippen LogP contribution is -2.25. The maximum atomic E-state index is 12.3. The average Bonchev–Trinajstić information content (AvgIpc) is 2.81. The molecule has 2 rings (SSSR count). The molecule has 0 saturated heterocycles. The van der Waals surface area contributed by atoms with Gasteiger partial charge in [-0.15, -0.1) is 0 Å². The van der Waals surface area contributed by atoms with Gasteiger partial charge < -0.3 is 10.2 Å². The molecule has 2 aromatic carbocycles. The lowest BCUT2D eigenvalue weighted by Gasteiger charge is -2.23. The molecule has 0 aliphatic heterocycles. The molecule has 0 aliphatic carbocycles. The van der Waals surface area contributed by atoms with Gasteiger partial charge >= 0.3 is 0 Å². The minimum Gasteiger partial charge on any atom is -0.367 e. The summed E-state index contributed by atoms with van der Waals surface area (Å²) in [6.07, 6.45) is 8.70. The fraction of sp³-hybridized carbons (Fsp3) is 0.407. The quantitative estimate of drug-likeness (QED) is 0.243. The molecule has 0 unspecified atom stereocenters. The monoisotopic (exact) mass is 417 g/mol. The van der Waals surface area contributed by atoms with Crippen molar-refractivity contribution in [2.24, 2.45) is 0 Å². The smallest absolute Gasteiger partial charge is 0.261 e. The summed E-state index contributed by atoms with van der Waals surface area (Å²) in [6.45, 7) is 6.70. The van der Waals surface area contributed by atoms with Crippen LogP contribution in [0, 0.1) is 11.3 Å². The van der Waals surface area contributed by atoms with Crippen LogP contribution in [0.1, 0.15) is 63.5 Å². The van der Waals surface area contributed by atoms with E-state index in [2.05, 4.69) is 48.3 Å². The number of anilines is 1. The lowest BCUT2D eigenvalue weighted by atomic mass is 10.1. The normalized spacial score (nSPS) is 11.1. The van der Waals surface area contributed by atoms with Crippen LogP contribution in [0.5, 0.6) is 0 Å². The van der Waals surface area contributed by atoms with E-state index >= 15 is 0 Å². The highest BCUT2D eigenvalue weighted by Gasteiger charge is 2.09. The molecule has 0 heterocycles. The highest BCUT2D eigenvalue weighted by atomic mass is 16.1. The number of carbonyl (C=O) groups is 1. The first-order valence-corrected chi connectivity index (χ1v) is 11.5. The summed E-state index contributed by atoms with van der Waals surface area (Å²) in [5.41, 5.74) is 3.39. The number of rotatable bonds is 13. The Balaban J connectivity index is 1.90. The Kier molecular flexibility index (Phi) is 11.0. The second kappa shape index (κ2) is 14.0. The molecule has 0 saturated carbocycles. The Morgan fingerprint density at radius 2 is 1.65 bits per heavy atom. The van der Waals surface area contributed by atoms with E-state index in [1.807, 2.05) is 36.4 Å². The van der Waals surface area contributed by atoms with Gasteiger partial charge in [0.25, 0.3) is 5.91 Å². The molecular weight excluding hydrogens is 382 g/mol. The molecule has 0 aliphatic rings. The van der Waals surface area contributed by atoms with Crippen LogP contribution in [0.25, 0.3) is 6.08 Å². The second-order valence-electron chi connectivity index (χ2n) is 7.78. The van der Waals surface area contributed by atoms with Crippen molar-refractivity contribution in [3.63, 3.8) is 0 Å². The number of benzene rings is 2. The van der Waals surface area contributed by atoms with E-state index in [1.54, 1.807) is 6.08 Å². The zero-order valence-electron chi connectivity index (χ0n) is 18.9. The summed E-state index contributed by atoms with van der Waals surface area (Å²) >= 11 is 0. The van der Waals surface area contributed by atoms with Crippen molar-refractivity contribution in [3.8, 4) is 6.07 Å². The van der Waals surface area contributed by atoms with Gasteiger partial charge in [-0.2, -0.15) is 5.26 Å². The van der Waals surface area contributed by atoms with Crippen LogP contribution in [-0.2, 0) is 11.3 Å². The van der Waals surface area contributed by atoms with Crippen LogP contribution in [-0.4, -0.2) is 19.0 Å². The molecular formula is C27H35N3O. The number of nitrogens with one attached hydrogen (secondary N) is 1. The predicted octanol–water partition coefficient (Wildman–Crippen LogP) is 6.10. The number of hydrogen-bond donors (Lipinski definition) is 1. The highest BCUT2D eigenvalue weighted by Crippen LogP contribution is 2.19. The standard InChI is InChI=1S/C27H35N3O/c1-3-5-6-7-8-12-19-29-27(31)25(21-28)20-23-15-17-26(18-16-23)30(4-2)22-24-13-10-9-11-14-24/h9-11,13-18,20H,3-8,12,19,22H2,1-2H3,(H,29,31)/b25-20+. The van der Waals surface area contributed by atoms with Crippen LogP contribution in [0.2, 0.25) is 0 Å². The van der Waals surface area contributed by atoms with Crippen molar-refractivity contribution in [2.75, 3.05) is 18.0 Å². The first-order chi connectivity index (χ1) is 15.2. The fourth-order valence-electron chi connectivity index (χ4n) is 3.49. The molecule has 1 N–H and O–H groups in total. The van der Waals surface area contributed by atoms with E-state index in [1.165, 1.54) is 31.2 Å². The number of amides is 1. The second-order valence-corrected chi connectivity index (χ2v) is 7.78. The fourth-order valence-corrected chi connectivity index (χ4v) is 3.49. The van der Waals surface area contributed by atoms with Gasteiger partial charge in [-0.1, -0.05) is 81.5 Å². The summed E-state index contributed by atoms with van der Waals surface area (Å²) in [6, 6.07) is 20.4. The van der Waals surface area contributed by atoms with E-state index in [0.717, 1.165) is 37.2 Å². The molecule has 164 valence electrons. The summed E-state index contributed by atoms with van der Waals surface area (Å²) in [5, 5.41) is 12.3. The molecule has 4 nitrogen and oxygen atoms in total. The van der Waals surface area contributed by atoms with Crippen molar-refractivity contribution < 1.29 is 4.79 Å². The molecule has 2 aromatic rings. The average molecular weight is 418 g/mol. The molecule has 31 heavy (non-hydrogen) atoms. The van der Waals surface area contributed by atoms with Gasteiger partial charge in [0, 0.05) is 25.3 Å². The predicted molar refractivity (Wildman–Crippen MR) is 130 cm³/mol. The number of hydrogen-bond acceptors (Lipinski definition) is 3. The summed E-state index contributed by atoms with van der Waals surface area (Å²) in [7, 11) is 0.